The molecule has 0 aliphatic carbocycles. The highest BCUT2D eigenvalue weighted by Crippen LogP contribution is 2.18. The van der Waals surface area contributed by atoms with Gasteiger partial charge in [0.1, 0.15) is 11.5 Å². The van der Waals surface area contributed by atoms with Crippen molar-refractivity contribution >= 4 is 11.8 Å². The zero-order chi connectivity index (χ0) is 16.7. The second-order valence-electron chi connectivity index (χ2n) is 4.56. The van der Waals surface area contributed by atoms with Crippen molar-refractivity contribution in [3.63, 3.8) is 0 Å². The predicted octanol–water partition coefficient (Wildman–Crippen LogP) is 1.72. The van der Waals surface area contributed by atoms with Gasteiger partial charge in [0.05, 0.1) is 7.11 Å². The standard InChI is InChI=1S/C16H17N3O4/c1-11(22-14-5-3-13(21-2)4-6-14)16(20)23-19-15(17)12-7-9-18-10-8-12/h3-11H,1-2H3,(H2,17,19)/t11-/m0/s1. The summed E-state index contributed by atoms with van der Waals surface area (Å²) in [5, 5.41) is 3.60. The summed E-state index contributed by atoms with van der Waals surface area (Å²) in [6.07, 6.45) is 2.29. The molecule has 1 heterocycles. The highest BCUT2D eigenvalue weighted by Gasteiger charge is 2.17. The van der Waals surface area contributed by atoms with E-state index in [2.05, 4.69) is 10.1 Å². The van der Waals surface area contributed by atoms with Crippen LogP contribution >= 0.6 is 0 Å². The average Bonchev–Trinajstić information content (AvgIpc) is 2.60. The Balaban J connectivity index is 1.91. The van der Waals surface area contributed by atoms with Crippen LogP contribution in [0, 0.1) is 0 Å². The molecule has 0 amide bonds. The van der Waals surface area contributed by atoms with Gasteiger partial charge in [-0.15, -0.1) is 0 Å². The number of carbonyl (C=O) groups excluding carboxylic acids is 1. The summed E-state index contributed by atoms with van der Waals surface area (Å²) in [6.45, 7) is 1.56. The minimum atomic E-state index is -0.836. The Bertz CT molecular complexity index is 671. The Kier molecular flexibility index (Phi) is 5.51. The van der Waals surface area contributed by atoms with Crippen LogP contribution in [-0.2, 0) is 9.63 Å². The molecule has 120 valence electrons. The summed E-state index contributed by atoms with van der Waals surface area (Å²) in [4.78, 5) is 20.5. The second-order valence-corrected chi connectivity index (χ2v) is 4.56. The van der Waals surface area contributed by atoms with Crippen LogP contribution in [0.5, 0.6) is 11.5 Å². The third-order valence-electron chi connectivity index (χ3n) is 2.91. The quantitative estimate of drug-likeness (QED) is 0.377. The molecule has 0 fully saturated rings. The number of amidine groups is 1. The molecule has 0 unspecified atom stereocenters. The van der Waals surface area contributed by atoms with Crippen molar-refractivity contribution in [3.8, 4) is 11.5 Å². The fraction of sp³-hybridized carbons (Fsp3) is 0.188. The lowest BCUT2D eigenvalue weighted by atomic mass is 10.2. The molecule has 2 aromatic rings. The van der Waals surface area contributed by atoms with E-state index < -0.39 is 12.1 Å². The van der Waals surface area contributed by atoms with Gasteiger partial charge in [0.2, 0.25) is 0 Å². The summed E-state index contributed by atoms with van der Waals surface area (Å²) in [7, 11) is 1.57. The number of hydrogen-bond donors (Lipinski definition) is 1. The number of nitrogens with zero attached hydrogens (tertiary/aromatic N) is 2. The van der Waals surface area contributed by atoms with Crippen LogP contribution in [0.2, 0.25) is 0 Å². The van der Waals surface area contributed by atoms with Crippen LogP contribution in [-0.4, -0.2) is 30.0 Å². The molecule has 2 N–H and O–H groups in total. The molecule has 23 heavy (non-hydrogen) atoms. The van der Waals surface area contributed by atoms with E-state index in [0.29, 0.717) is 17.1 Å². The van der Waals surface area contributed by atoms with E-state index in [9.17, 15) is 4.79 Å². The zero-order valence-electron chi connectivity index (χ0n) is 12.8. The summed E-state index contributed by atoms with van der Waals surface area (Å²) in [5.74, 6) is 0.638. The van der Waals surface area contributed by atoms with Crippen LogP contribution in [0.15, 0.2) is 53.9 Å². The van der Waals surface area contributed by atoms with Crippen LogP contribution in [0.4, 0.5) is 0 Å². The van der Waals surface area contributed by atoms with Gasteiger partial charge in [-0.2, -0.15) is 0 Å². The molecule has 0 saturated heterocycles. The lowest BCUT2D eigenvalue weighted by molar-refractivity contribution is -0.151. The molecule has 7 heteroatoms. The molecule has 0 radical (unpaired) electrons. The van der Waals surface area contributed by atoms with Gasteiger partial charge >= 0.3 is 5.97 Å². The van der Waals surface area contributed by atoms with Gasteiger partial charge in [0.25, 0.3) is 0 Å². The smallest absolute Gasteiger partial charge is 0.374 e. The van der Waals surface area contributed by atoms with E-state index in [0.717, 1.165) is 0 Å². The SMILES string of the molecule is COc1ccc(O[C@@H](C)C(=O)O/N=C(/N)c2ccncc2)cc1. The fourth-order valence-electron chi connectivity index (χ4n) is 1.65. The van der Waals surface area contributed by atoms with E-state index in [-0.39, 0.29) is 5.84 Å². The zero-order valence-corrected chi connectivity index (χ0v) is 12.8. The Morgan fingerprint density at radius 1 is 1.13 bits per heavy atom. The highest BCUT2D eigenvalue weighted by molar-refractivity contribution is 5.97. The largest absolute Gasteiger partial charge is 0.497 e. The van der Waals surface area contributed by atoms with Crippen LogP contribution in [0.1, 0.15) is 12.5 Å². The number of oxime groups is 1. The Morgan fingerprint density at radius 3 is 2.35 bits per heavy atom. The van der Waals surface area contributed by atoms with Crippen molar-refractivity contribution in [2.24, 2.45) is 10.9 Å². The molecule has 0 aliphatic rings. The minimum Gasteiger partial charge on any atom is -0.497 e. The van der Waals surface area contributed by atoms with Crippen LogP contribution < -0.4 is 15.2 Å². The van der Waals surface area contributed by atoms with Gasteiger partial charge in [-0.25, -0.2) is 4.79 Å². The lowest BCUT2D eigenvalue weighted by Gasteiger charge is -2.12. The number of methoxy groups -OCH3 is 1. The maximum absolute atomic E-state index is 11.9. The van der Waals surface area contributed by atoms with Crippen molar-refractivity contribution in [1.82, 2.24) is 4.98 Å². The van der Waals surface area contributed by atoms with E-state index in [1.165, 1.54) is 0 Å². The lowest BCUT2D eigenvalue weighted by Crippen LogP contribution is -2.26. The van der Waals surface area contributed by atoms with Gasteiger partial charge in [0, 0.05) is 18.0 Å². The maximum atomic E-state index is 11.9. The first kappa shape index (κ1) is 16.3. The second kappa shape index (κ2) is 7.79. The molecule has 0 aliphatic heterocycles. The normalized spacial score (nSPS) is 12.3. The van der Waals surface area contributed by atoms with Gasteiger partial charge in [0.15, 0.2) is 11.9 Å². The molecule has 7 nitrogen and oxygen atoms in total. The van der Waals surface area contributed by atoms with Crippen molar-refractivity contribution in [2.75, 3.05) is 7.11 Å². The molecule has 0 spiro atoms. The molecule has 2 rings (SSSR count). The number of nitrogens with two attached hydrogens (primary N) is 1. The number of ether oxygens (including phenoxy) is 2. The number of rotatable bonds is 6. The molecular formula is C16H17N3O4. The van der Waals surface area contributed by atoms with E-state index in [4.69, 9.17) is 20.0 Å². The van der Waals surface area contributed by atoms with Crippen LogP contribution in [0.3, 0.4) is 0 Å². The number of hydrogen-bond acceptors (Lipinski definition) is 6. The van der Waals surface area contributed by atoms with Gasteiger partial charge in [-0.1, -0.05) is 5.16 Å². The van der Waals surface area contributed by atoms with Gasteiger partial charge in [-0.3, -0.25) is 4.98 Å². The molecule has 1 aromatic carbocycles. The first-order chi connectivity index (χ1) is 11.1. The number of aromatic nitrogens is 1. The van der Waals surface area contributed by atoms with Crippen molar-refractivity contribution in [2.45, 2.75) is 13.0 Å². The molecule has 0 saturated carbocycles. The first-order valence-corrected chi connectivity index (χ1v) is 6.85. The van der Waals surface area contributed by atoms with E-state index >= 15 is 0 Å². The molecule has 0 bridgehead atoms. The minimum absolute atomic E-state index is 0.0809. The summed E-state index contributed by atoms with van der Waals surface area (Å²) < 4.78 is 10.5. The monoisotopic (exact) mass is 315 g/mol. The summed E-state index contributed by atoms with van der Waals surface area (Å²) in [6, 6.07) is 10.2. The van der Waals surface area contributed by atoms with Crippen molar-refractivity contribution in [3.05, 3.63) is 54.4 Å². The van der Waals surface area contributed by atoms with Crippen molar-refractivity contribution < 1.29 is 19.1 Å². The number of benzene rings is 1. The van der Waals surface area contributed by atoms with E-state index in [1.807, 2.05) is 0 Å². The van der Waals surface area contributed by atoms with Gasteiger partial charge < -0.3 is 20.0 Å². The molecule has 1 aromatic heterocycles. The van der Waals surface area contributed by atoms with Crippen molar-refractivity contribution in [1.29, 1.82) is 0 Å². The topological polar surface area (TPSA) is 96.0 Å². The summed E-state index contributed by atoms with van der Waals surface area (Å²) >= 11 is 0. The fourth-order valence-corrected chi connectivity index (χ4v) is 1.65. The Hall–Kier alpha value is -3.09. The molecular weight excluding hydrogens is 298 g/mol. The Morgan fingerprint density at radius 2 is 1.74 bits per heavy atom. The Labute approximate surface area is 133 Å². The number of carbonyl (C=O) groups is 1. The predicted molar refractivity (Wildman–Crippen MR) is 84.1 cm³/mol. The van der Waals surface area contributed by atoms with Gasteiger partial charge in [-0.05, 0) is 43.3 Å². The third-order valence-corrected chi connectivity index (χ3v) is 2.91. The first-order valence-electron chi connectivity index (χ1n) is 6.85. The maximum Gasteiger partial charge on any atom is 0.374 e. The summed E-state index contributed by atoms with van der Waals surface area (Å²) in [5.41, 5.74) is 6.33. The third kappa shape index (κ3) is 4.70. The number of pyridine rings is 1. The average molecular weight is 315 g/mol. The molecule has 1 atom stereocenters. The highest BCUT2D eigenvalue weighted by atomic mass is 16.7. The van der Waals surface area contributed by atoms with E-state index in [1.54, 1.807) is 62.8 Å². The van der Waals surface area contributed by atoms with Crippen LogP contribution in [0.25, 0.3) is 0 Å².